The van der Waals surface area contributed by atoms with E-state index in [0.717, 1.165) is 38.6 Å². The average molecular weight is 869 g/mol. The first kappa shape index (κ1) is 40.3. The monoisotopic (exact) mass is 868 g/mol. The van der Waals surface area contributed by atoms with E-state index in [4.69, 9.17) is 9.97 Å². The van der Waals surface area contributed by atoms with Gasteiger partial charge < -0.3 is 0 Å². The highest BCUT2D eigenvalue weighted by Gasteiger charge is 2.23. The van der Waals surface area contributed by atoms with Gasteiger partial charge in [-0.25, -0.2) is 9.97 Å². The number of fused-ring (bicyclic) bond motifs is 5. The number of aromatic nitrogens is 2. The molecular formula is C61H44N2S2. The zero-order valence-electron chi connectivity index (χ0n) is 36.5. The van der Waals surface area contributed by atoms with Crippen molar-refractivity contribution in [2.45, 2.75) is 27.2 Å². The molecule has 0 bridgehead atoms. The van der Waals surface area contributed by atoms with Gasteiger partial charge in [-0.1, -0.05) is 158 Å². The van der Waals surface area contributed by atoms with Crippen molar-refractivity contribution in [2.24, 2.45) is 0 Å². The minimum atomic E-state index is 0.808. The van der Waals surface area contributed by atoms with Crippen molar-refractivity contribution in [3.05, 3.63) is 255 Å². The van der Waals surface area contributed by atoms with Crippen LogP contribution in [0.15, 0.2) is 212 Å². The first-order valence-electron chi connectivity index (χ1n) is 22.1. The average Bonchev–Trinajstić information content (AvgIpc) is 3.84. The third-order valence-electron chi connectivity index (χ3n) is 12.3. The number of hydrogen-bond acceptors (Lipinski definition) is 4. The van der Waals surface area contributed by atoms with Crippen LogP contribution in [0, 0.1) is 13.8 Å². The molecule has 4 heteroatoms. The molecular weight excluding hydrogens is 825 g/mol. The zero-order chi connectivity index (χ0) is 43.9. The summed E-state index contributed by atoms with van der Waals surface area (Å²) in [5.74, 6) is 0. The maximum atomic E-state index is 5.03. The van der Waals surface area contributed by atoms with Gasteiger partial charge >= 0.3 is 0 Å². The lowest BCUT2D eigenvalue weighted by Gasteiger charge is -2.16. The molecule has 10 aromatic rings. The standard InChI is InChI=1S/C53H36N2S2.C8H8/c1-32-16-26-45-47(28-32)56-52(54-45)37-22-18-34(19-23-37)43-30-39-12-6-8-14-41(39)50(36-20-24-38(25-21-36)53-55-46-27-17-33(2)29-48(46)57-53)51-44(43)31-40-13-7-9-15-42(40)49(51)35-10-4-3-5-11-35;1-8-6-4-2-3-5-7-8/h3-29,31H,30H2,1-2H3;2-4,6-7H,1H3. The van der Waals surface area contributed by atoms with Crippen LogP contribution in [-0.4, -0.2) is 9.97 Å². The van der Waals surface area contributed by atoms with Crippen LogP contribution in [0.4, 0.5) is 0 Å². The van der Waals surface area contributed by atoms with Crippen LogP contribution in [-0.2, 0) is 6.42 Å². The Morgan fingerprint density at radius 2 is 1.12 bits per heavy atom. The van der Waals surface area contributed by atoms with E-state index in [1.54, 1.807) is 22.7 Å². The molecule has 0 atom stereocenters. The number of rotatable bonds is 5. The normalized spacial score (nSPS) is 13.0. The van der Waals surface area contributed by atoms with Gasteiger partial charge in [0.1, 0.15) is 10.0 Å². The lowest BCUT2D eigenvalue weighted by atomic mass is 9.87. The lowest BCUT2D eigenvalue weighted by Crippen LogP contribution is -2.32. The summed E-state index contributed by atoms with van der Waals surface area (Å²) >= 11 is 3.53. The van der Waals surface area contributed by atoms with Gasteiger partial charge in [0.15, 0.2) is 0 Å². The molecule has 2 aromatic heterocycles. The van der Waals surface area contributed by atoms with Crippen molar-refractivity contribution in [3.8, 4) is 32.3 Å². The van der Waals surface area contributed by atoms with Crippen LogP contribution < -0.4 is 10.4 Å². The molecule has 0 fully saturated rings. The number of hydrogen-bond donors (Lipinski definition) is 0. The second-order valence-corrected chi connectivity index (χ2v) is 18.9. The molecule has 0 saturated carbocycles. The smallest absolute Gasteiger partial charge is 0.124 e. The summed E-state index contributed by atoms with van der Waals surface area (Å²) in [5.41, 5.74) is 21.2. The maximum Gasteiger partial charge on any atom is 0.124 e. The van der Waals surface area contributed by atoms with Crippen molar-refractivity contribution in [1.82, 2.24) is 9.97 Å². The molecule has 2 heterocycles. The maximum absolute atomic E-state index is 5.03. The van der Waals surface area contributed by atoms with Crippen molar-refractivity contribution in [3.63, 3.8) is 0 Å². The molecule has 0 saturated heterocycles. The van der Waals surface area contributed by atoms with Crippen LogP contribution in [0.3, 0.4) is 0 Å². The molecule has 12 rings (SSSR count). The van der Waals surface area contributed by atoms with Crippen LogP contribution >= 0.6 is 22.7 Å². The third kappa shape index (κ3) is 7.94. The second-order valence-electron chi connectivity index (χ2n) is 16.9. The van der Waals surface area contributed by atoms with E-state index in [2.05, 4.69) is 202 Å². The van der Waals surface area contributed by atoms with Gasteiger partial charge in [-0.3, -0.25) is 0 Å². The van der Waals surface area contributed by atoms with Gasteiger partial charge in [0.05, 0.1) is 20.4 Å². The summed E-state index contributed by atoms with van der Waals surface area (Å²) in [5, 5.41) is 7.13. The predicted molar refractivity (Wildman–Crippen MR) is 278 cm³/mol. The molecule has 0 radical (unpaired) electrons. The molecule has 0 aliphatic heterocycles. The van der Waals surface area contributed by atoms with Gasteiger partial charge in [-0.05, 0) is 152 Å². The number of nitrogens with zero attached hydrogens (tertiary/aromatic N) is 2. The Kier molecular flexibility index (Phi) is 10.7. The van der Waals surface area contributed by atoms with E-state index in [-0.39, 0.29) is 0 Å². The summed E-state index contributed by atoms with van der Waals surface area (Å²) in [4.78, 5) is 10.0. The molecule has 65 heavy (non-hydrogen) atoms. The van der Waals surface area contributed by atoms with E-state index in [9.17, 15) is 0 Å². The largest absolute Gasteiger partial charge is 0.236 e. The summed E-state index contributed by atoms with van der Waals surface area (Å²) in [6.45, 7) is 6.34. The van der Waals surface area contributed by atoms with Crippen molar-refractivity contribution < 1.29 is 0 Å². The van der Waals surface area contributed by atoms with Crippen LogP contribution in [0.25, 0.3) is 74.6 Å². The molecule has 2 aliphatic rings. The van der Waals surface area contributed by atoms with Gasteiger partial charge in [0.25, 0.3) is 0 Å². The molecule has 0 amide bonds. The molecule has 2 aliphatic carbocycles. The molecule has 0 spiro atoms. The number of benzene rings is 8. The fourth-order valence-corrected chi connectivity index (χ4v) is 11.2. The minimum absolute atomic E-state index is 0.808. The third-order valence-corrected chi connectivity index (χ3v) is 14.4. The van der Waals surface area contributed by atoms with Crippen LogP contribution in [0.2, 0.25) is 0 Å². The van der Waals surface area contributed by atoms with E-state index in [1.807, 2.05) is 24.3 Å². The molecule has 0 unspecified atom stereocenters. The highest BCUT2D eigenvalue weighted by atomic mass is 32.1. The van der Waals surface area contributed by atoms with Gasteiger partial charge in [0, 0.05) is 11.1 Å². The fraction of sp³-hybridized carbons (Fsp3) is 0.0656. The number of allylic oxidation sites excluding steroid dienone is 5. The lowest BCUT2D eigenvalue weighted by molar-refractivity contribution is 1.26. The van der Waals surface area contributed by atoms with Crippen molar-refractivity contribution in [2.75, 3.05) is 0 Å². The Hall–Kier alpha value is -7.46. The number of thiazole rings is 2. The SMILES string of the molecule is CC1=CC=CC=C=C1.Cc1ccc2nc(-c3ccc(C4=c5cc6ccccc6c(-c6ccccc6)c5=C(c5ccc(-c6nc7ccc(C)cc7s6)cc5)c5ccccc5C4)cc3)sc2c1. The van der Waals surface area contributed by atoms with Gasteiger partial charge in [-0.15, -0.1) is 28.4 Å². The Morgan fingerprint density at radius 1 is 0.523 bits per heavy atom. The van der Waals surface area contributed by atoms with E-state index >= 15 is 0 Å². The van der Waals surface area contributed by atoms with Gasteiger partial charge in [-0.2, -0.15) is 0 Å². The van der Waals surface area contributed by atoms with E-state index < -0.39 is 0 Å². The summed E-state index contributed by atoms with van der Waals surface area (Å²) in [6.07, 6.45) is 10.7. The Balaban J connectivity index is 0.000000532. The topological polar surface area (TPSA) is 25.8 Å². The highest BCUT2D eigenvalue weighted by Crippen LogP contribution is 2.37. The second kappa shape index (κ2) is 17.3. The summed E-state index contributed by atoms with van der Waals surface area (Å²) in [7, 11) is 0. The Bertz CT molecular complexity index is 3720. The number of aryl methyl sites for hydroxylation is 2. The first-order chi connectivity index (χ1) is 31.9. The Morgan fingerprint density at radius 3 is 1.82 bits per heavy atom. The summed E-state index contributed by atoms with van der Waals surface area (Å²) in [6, 6.07) is 62.6. The fourth-order valence-electron chi connectivity index (χ4n) is 9.10. The quantitative estimate of drug-likeness (QED) is 0.161. The Labute approximate surface area is 387 Å². The zero-order valence-corrected chi connectivity index (χ0v) is 38.1. The van der Waals surface area contributed by atoms with Crippen molar-refractivity contribution >= 4 is 65.0 Å². The molecule has 8 aromatic carbocycles. The van der Waals surface area contributed by atoms with E-state index in [0.29, 0.717) is 0 Å². The van der Waals surface area contributed by atoms with E-state index in [1.165, 1.54) is 91.8 Å². The first-order valence-corrected chi connectivity index (χ1v) is 23.7. The van der Waals surface area contributed by atoms with Gasteiger partial charge in [0.2, 0.25) is 0 Å². The molecule has 310 valence electrons. The van der Waals surface area contributed by atoms with Crippen molar-refractivity contribution in [1.29, 1.82) is 0 Å². The molecule has 2 nitrogen and oxygen atoms in total. The van der Waals surface area contributed by atoms with Crippen LogP contribution in [0.1, 0.15) is 40.3 Å². The summed E-state index contributed by atoms with van der Waals surface area (Å²) < 4.78 is 2.45. The predicted octanol–water partition coefficient (Wildman–Crippen LogP) is 14.9. The molecule has 0 N–H and O–H groups in total. The van der Waals surface area contributed by atoms with Crippen LogP contribution in [0.5, 0.6) is 0 Å². The highest BCUT2D eigenvalue weighted by molar-refractivity contribution is 7.22. The minimum Gasteiger partial charge on any atom is -0.236 e.